The lowest BCUT2D eigenvalue weighted by Crippen LogP contribution is -2.38. The highest BCUT2D eigenvalue weighted by Gasteiger charge is 2.26. The molecule has 0 aliphatic carbocycles. The molecule has 0 saturated carbocycles. The predicted molar refractivity (Wildman–Crippen MR) is 93.0 cm³/mol. The third-order valence-electron chi connectivity index (χ3n) is 4.55. The first-order chi connectivity index (χ1) is 11.9. The number of amides is 1. The zero-order valence-electron chi connectivity index (χ0n) is 14.1. The summed E-state index contributed by atoms with van der Waals surface area (Å²) >= 11 is 1.52. The van der Waals surface area contributed by atoms with E-state index in [9.17, 15) is 19.5 Å². The van der Waals surface area contributed by atoms with Crippen molar-refractivity contribution in [1.82, 2.24) is 14.5 Å². The van der Waals surface area contributed by atoms with Crippen LogP contribution >= 0.6 is 11.3 Å². The van der Waals surface area contributed by atoms with E-state index in [1.165, 1.54) is 22.8 Å². The molecule has 3 rings (SSSR count). The monoisotopic (exact) mass is 361 g/mol. The number of carbonyl (C=O) groups excluding carboxylic acids is 1. The Balaban J connectivity index is 1.98. The van der Waals surface area contributed by atoms with Crippen molar-refractivity contribution in [1.29, 1.82) is 0 Å². The molecule has 1 aliphatic rings. The Morgan fingerprint density at radius 1 is 1.40 bits per heavy atom. The van der Waals surface area contributed by atoms with E-state index in [2.05, 4.69) is 4.98 Å². The minimum absolute atomic E-state index is 0.0550. The van der Waals surface area contributed by atoms with Gasteiger partial charge in [-0.1, -0.05) is 0 Å². The molecule has 0 bridgehead atoms. The second-order valence-electron chi connectivity index (χ2n) is 6.11. The van der Waals surface area contributed by atoms with Crippen molar-refractivity contribution in [3.05, 3.63) is 49.3 Å². The molecule has 2 aromatic rings. The van der Waals surface area contributed by atoms with Crippen LogP contribution in [-0.4, -0.2) is 38.0 Å². The molecule has 1 aliphatic heterocycles. The number of aryl methyl sites for hydroxylation is 3. The number of hydrogen-bond acceptors (Lipinski definition) is 5. The van der Waals surface area contributed by atoms with Gasteiger partial charge >= 0.3 is 5.97 Å². The van der Waals surface area contributed by atoms with Crippen LogP contribution in [0, 0.1) is 6.92 Å². The SMILES string of the molecule is CC(=O)N1CCc2c(cn(CCc3scnc3C)c(=O)c2C(=O)O)C1. The van der Waals surface area contributed by atoms with Gasteiger partial charge < -0.3 is 14.6 Å². The molecule has 7 nitrogen and oxygen atoms in total. The molecule has 2 aromatic heterocycles. The van der Waals surface area contributed by atoms with E-state index in [1.54, 1.807) is 16.6 Å². The molecule has 8 heteroatoms. The van der Waals surface area contributed by atoms with Gasteiger partial charge in [-0.25, -0.2) is 9.78 Å². The van der Waals surface area contributed by atoms with Gasteiger partial charge in [0.05, 0.1) is 11.2 Å². The smallest absolute Gasteiger partial charge is 0.341 e. The van der Waals surface area contributed by atoms with Crippen molar-refractivity contribution in [2.75, 3.05) is 6.54 Å². The average molecular weight is 361 g/mol. The maximum Gasteiger partial charge on any atom is 0.341 e. The number of aromatic carboxylic acids is 1. The zero-order valence-corrected chi connectivity index (χ0v) is 14.9. The summed E-state index contributed by atoms with van der Waals surface area (Å²) < 4.78 is 1.45. The fraction of sp³-hybridized carbons (Fsp3) is 0.412. The van der Waals surface area contributed by atoms with Gasteiger partial charge in [0.1, 0.15) is 5.56 Å². The molecule has 132 valence electrons. The summed E-state index contributed by atoms with van der Waals surface area (Å²) in [7, 11) is 0. The molecule has 1 N–H and O–H groups in total. The van der Waals surface area contributed by atoms with Gasteiger partial charge in [-0.3, -0.25) is 9.59 Å². The molecule has 0 fully saturated rings. The van der Waals surface area contributed by atoms with Crippen molar-refractivity contribution in [3.63, 3.8) is 0 Å². The van der Waals surface area contributed by atoms with E-state index < -0.39 is 11.5 Å². The molecule has 0 atom stereocenters. The molecule has 0 saturated heterocycles. The molecule has 25 heavy (non-hydrogen) atoms. The lowest BCUT2D eigenvalue weighted by atomic mass is 9.96. The van der Waals surface area contributed by atoms with Crippen LogP contribution in [0.1, 0.15) is 39.0 Å². The largest absolute Gasteiger partial charge is 0.477 e. The van der Waals surface area contributed by atoms with Gasteiger partial charge in [0.25, 0.3) is 5.56 Å². The summed E-state index contributed by atoms with van der Waals surface area (Å²) in [5, 5.41) is 9.52. The molecule has 0 radical (unpaired) electrons. The maximum absolute atomic E-state index is 12.6. The summed E-state index contributed by atoms with van der Waals surface area (Å²) in [6.07, 6.45) is 2.71. The second-order valence-corrected chi connectivity index (χ2v) is 7.05. The lowest BCUT2D eigenvalue weighted by molar-refractivity contribution is -0.129. The Hall–Kier alpha value is -2.48. The molecule has 0 aromatic carbocycles. The minimum atomic E-state index is -1.21. The first-order valence-electron chi connectivity index (χ1n) is 8.01. The van der Waals surface area contributed by atoms with Gasteiger partial charge in [0.2, 0.25) is 5.91 Å². The van der Waals surface area contributed by atoms with Gasteiger partial charge in [-0.2, -0.15) is 0 Å². The van der Waals surface area contributed by atoms with Gasteiger partial charge in [0, 0.05) is 44.1 Å². The van der Waals surface area contributed by atoms with E-state index in [4.69, 9.17) is 0 Å². The first-order valence-corrected chi connectivity index (χ1v) is 8.89. The zero-order chi connectivity index (χ0) is 18.1. The van der Waals surface area contributed by atoms with Crippen LogP contribution in [0.4, 0.5) is 0 Å². The van der Waals surface area contributed by atoms with Crippen molar-refractivity contribution < 1.29 is 14.7 Å². The number of carboxylic acids is 1. The highest BCUT2D eigenvalue weighted by molar-refractivity contribution is 7.09. The molecule has 3 heterocycles. The summed E-state index contributed by atoms with van der Waals surface area (Å²) in [6, 6.07) is 0. The van der Waals surface area contributed by atoms with Crippen molar-refractivity contribution in [2.24, 2.45) is 0 Å². The van der Waals surface area contributed by atoms with Gasteiger partial charge in [-0.15, -0.1) is 11.3 Å². The first kappa shape index (κ1) is 17.3. The molecule has 1 amide bonds. The van der Waals surface area contributed by atoms with Gasteiger partial charge in [-0.05, 0) is 24.5 Å². The van der Waals surface area contributed by atoms with E-state index >= 15 is 0 Å². The van der Waals surface area contributed by atoms with Crippen LogP contribution in [0.15, 0.2) is 16.5 Å². The average Bonchev–Trinajstić information content (AvgIpc) is 2.97. The van der Waals surface area contributed by atoms with Crippen LogP contribution in [-0.2, 0) is 30.7 Å². The standard InChI is InChI=1S/C17H19N3O4S/c1-10-14(25-9-18-10)4-6-20-8-12-7-19(11(2)21)5-3-13(12)15(16(20)22)17(23)24/h8-9H,3-7H2,1-2H3,(H,23,24). The summed E-state index contributed by atoms with van der Waals surface area (Å²) in [5.41, 5.74) is 3.33. The number of carboxylic acid groups (broad SMARTS) is 1. The number of thiazole rings is 1. The fourth-order valence-electron chi connectivity index (χ4n) is 3.15. The number of aromatic nitrogens is 2. The quantitative estimate of drug-likeness (QED) is 0.890. The Bertz CT molecular complexity index is 900. The van der Waals surface area contributed by atoms with Gasteiger partial charge in [0.15, 0.2) is 0 Å². The van der Waals surface area contributed by atoms with Crippen LogP contribution in [0.3, 0.4) is 0 Å². The van der Waals surface area contributed by atoms with Crippen LogP contribution in [0.25, 0.3) is 0 Å². The molecular weight excluding hydrogens is 342 g/mol. The Morgan fingerprint density at radius 3 is 2.76 bits per heavy atom. The van der Waals surface area contributed by atoms with E-state index in [0.29, 0.717) is 38.0 Å². The molecular formula is C17H19N3O4S. The summed E-state index contributed by atoms with van der Waals surface area (Å²) in [5.74, 6) is -1.26. The normalized spacial score (nSPS) is 13.6. The highest BCUT2D eigenvalue weighted by atomic mass is 32.1. The third kappa shape index (κ3) is 3.34. The Kier molecular flexibility index (Phi) is 4.71. The maximum atomic E-state index is 12.6. The molecule has 0 unspecified atom stereocenters. The number of carbonyl (C=O) groups is 2. The summed E-state index contributed by atoms with van der Waals surface area (Å²) in [4.78, 5) is 42.8. The fourth-order valence-corrected chi connectivity index (χ4v) is 3.93. The lowest BCUT2D eigenvalue weighted by Gasteiger charge is -2.29. The third-order valence-corrected chi connectivity index (χ3v) is 5.55. The Labute approximate surface area is 148 Å². The van der Waals surface area contributed by atoms with Crippen LogP contribution in [0.2, 0.25) is 0 Å². The van der Waals surface area contributed by atoms with E-state index in [1.807, 2.05) is 6.92 Å². The number of pyridine rings is 1. The topological polar surface area (TPSA) is 92.5 Å². The van der Waals surface area contributed by atoms with E-state index in [-0.39, 0.29) is 11.5 Å². The number of hydrogen-bond donors (Lipinski definition) is 1. The van der Waals surface area contributed by atoms with Crippen molar-refractivity contribution in [3.8, 4) is 0 Å². The van der Waals surface area contributed by atoms with E-state index in [0.717, 1.165) is 16.1 Å². The molecule has 0 spiro atoms. The number of fused-ring (bicyclic) bond motifs is 1. The summed E-state index contributed by atoms with van der Waals surface area (Å²) in [6.45, 7) is 4.56. The van der Waals surface area contributed by atoms with Crippen LogP contribution < -0.4 is 5.56 Å². The van der Waals surface area contributed by atoms with Crippen molar-refractivity contribution >= 4 is 23.2 Å². The second kappa shape index (κ2) is 6.79. The number of rotatable bonds is 4. The number of nitrogens with zero attached hydrogens (tertiary/aromatic N) is 3. The predicted octanol–water partition coefficient (Wildman–Crippen LogP) is 1.46. The highest BCUT2D eigenvalue weighted by Crippen LogP contribution is 2.21. The van der Waals surface area contributed by atoms with Crippen LogP contribution in [0.5, 0.6) is 0 Å². The van der Waals surface area contributed by atoms with Crippen molar-refractivity contribution in [2.45, 2.75) is 39.8 Å². The minimum Gasteiger partial charge on any atom is -0.477 e. The Morgan fingerprint density at radius 2 is 2.16 bits per heavy atom.